The first kappa shape index (κ1) is 17.6. The molecular formula is C18H24N6O3. The summed E-state index contributed by atoms with van der Waals surface area (Å²) in [5.41, 5.74) is 1.66. The van der Waals surface area contributed by atoms with Crippen LogP contribution in [0.3, 0.4) is 0 Å². The van der Waals surface area contributed by atoms with Crippen molar-refractivity contribution in [3.05, 3.63) is 30.1 Å². The molecule has 9 heteroatoms. The Bertz CT molecular complexity index is 800. The first-order valence-corrected chi connectivity index (χ1v) is 9.20. The fourth-order valence-corrected chi connectivity index (χ4v) is 3.45. The van der Waals surface area contributed by atoms with Crippen LogP contribution in [0.25, 0.3) is 0 Å². The summed E-state index contributed by atoms with van der Waals surface area (Å²) in [5, 5.41) is 14.3. The largest absolute Gasteiger partial charge is 0.454 e. The van der Waals surface area contributed by atoms with Crippen molar-refractivity contribution in [2.45, 2.75) is 25.9 Å². The van der Waals surface area contributed by atoms with Gasteiger partial charge < -0.3 is 25.0 Å². The summed E-state index contributed by atoms with van der Waals surface area (Å²) in [5.74, 6) is 1.88. The molecule has 0 saturated carbocycles. The highest BCUT2D eigenvalue weighted by atomic mass is 16.7. The highest BCUT2D eigenvalue weighted by Crippen LogP contribution is 2.34. The molecule has 2 aliphatic heterocycles. The predicted octanol–water partition coefficient (Wildman–Crippen LogP) is 1.67. The summed E-state index contributed by atoms with van der Waals surface area (Å²) in [6.45, 7) is 3.26. The zero-order valence-corrected chi connectivity index (χ0v) is 15.4. The number of amides is 2. The van der Waals surface area contributed by atoms with Crippen molar-refractivity contribution < 1.29 is 14.3 Å². The van der Waals surface area contributed by atoms with Gasteiger partial charge in [-0.15, -0.1) is 5.10 Å². The van der Waals surface area contributed by atoms with Gasteiger partial charge in [-0.1, -0.05) is 5.21 Å². The van der Waals surface area contributed by atoms with E-state index in [4.69, 9.17) is 9.47 Å². The van der Waals surface area contributed by atoms with Gasteiger partial charge >= 0.3 is 6.03 Å². The van der Waals surface area contributed by atoms with Crippen molar-refractivity contribution >= 4 is 11.7 Å². The fraction of sp³-hybridized carbons (Fsp3) is 0.500. The van der Waals surface area contributed by atoms with E-state index in [1.165, 1.54) is 0 Å². The maximum Gasteiger partial charge on any atom is 0.321 e. The van der Waals surface area contributed by atoms with E-state index in [0.29, 0.717) is 23.1 Å². The number of carbonyl (C=O) groups excluding carboxylic acids is 1. The van der Waals surface area contributed by atoms with E-state index in [1.54, 1.807) is 6.07 Å². The number of hydrogen-bond donors (Lipinski definition) is 2. The van der Waals surface area contributed by atoms with Crippen LogP contribution in [0.4, 0.5) is 10.5 Å². The lowest BCUT2D eigenvalue weighted by Crippen LogP contribution is -2.41. The molecule has 2 aliphatic rings. The van der Waals surface area contributed by atoms with E-state index in [9.17, 15) is 4.79 Å². The molecule has 2 aromatic rings. The van der Waals surface area contributed by atoms with Crippen LogP contribution in [-0.2, 0) is 13.1 Å². The summed E-state index contributed by atoms with van der Waals surface area (Å²) >= 11 is 0. The van der Waals surface area contributed by atoms with Crippen LogP contribution in [0.2, 0.25) is 0 Å². The number of anilines is 1. The Morgan fingerprint density at radius 3 is 2.89 bits per heavy atom. The Morgan fingerprint density at radius 2 is 2.07 bits per heavy atom. The summed E-state index contributed by atoms with van der Waals surface area (Å²) in [4.78, 5) is 14.4. The zero-order chi connectivity index (χ0) is 18.6. The molecule has 1 aromatic heterocycles. The van der Waals surface area contributed by atoms with Gasteiger partial charge in [0.05, 0.1) is 5.69 Å². The van der Waals surface area contributed by atoms with Crippen molar-refractivity contribution in [2.75, 3.05) is 32.2 Å². The number of ether oxygens (including phenoxy) is 2. The number of urea groups is 1. The zero-order valence-electron chi connectivity index (χ0n) is 15.4. The maximum absolute atomic E-state index is 12.5. The molecule has 2 N–H and O–H groups in total. The molecule has 0 aliphatic carbocycles. The molecular weight excluding hydrogens is 348 g/mol. The lowest BCUT2D eigenvalue weighted by Gasteiger charge is -2.31. The number of benzene rings is 1. The first-order chi connectivity index (χ1) is 13.2. The fourth-order valence-electron chi connectivity index (χ4n) is 3.45. The number of aromatic nitrogens is 3. The topological polar surface area (TPSA) is 93.5 Å². The third kappa shape index (κ3) is 4.13. The Morgan fingerprint density at radius 1 is 1.26 bits per heavy atom. The van der Waals surface area contributed by atoms with Gasteiger partial charge in [-0.05, 0) is 37.9 Å². The van der Waals surface area contributed by atoms with Gasteiger partial charge in [0.2, 0.25) is 6.79 Å². The van der Waals surface area contributed by atoms with Crippen molar-refractivity contribution in [3.8, 4) is 11.5 Å². The second-order valence-corrected chi connectivity index (χ2v) is 6.89. The van der Waals surface area contributed by atoms with Crippen molar-refractivity contribution in [1.82, 2.24) is 25.2 Å². The summed E-state index contributed by atoms with van der Waals surface area (Å²) < 4.78 is 12.5. The van der Waals surface area contributed by atoms with Gasteiger partial charge in [0.15, 0.2) is 11.5 Å². The van der Waals surface area contributed by atoms with Crippen LogP contribution in [0, 0.1) is 5.92 Å². The average molecular weight is 372 g/mol. The monoisotopic (exact) mass is 372 g/mol. The molecule has 2 amide bonds. The normalized spacial score (nSPS) is 16.6. The van der Waals surface area contributed by atoms with Crippen LogP contribution in [0.5, 0.6) is 11.5 Å². The van der Waals surface area contributed by atoms with E-state index in [2.05, 4.69) is 20.9 Å². The number of hydrogen-bond acceptors (Lipinski definition) is 6. The SMILES string of the molecule is CNCc1cn(CC2CCN(C(=O)Nc3ccc4c(c3)OCO4)CC2)nn1. The van der Waals surface area contributed by atoms with E-state index >= 15 is 0 Å². The van der Waals surface area contributed by atoms with E-state index in [1.807, 2.05) is 35.0 Å². The van der Waals surface area contributed by atoms with Gasteiger partial charge in [-0.25, -0.2) is 4.79 Å². The molecule has 0 radical (unpaired) electrons. The van der Waals surface area contributed by atoms with Crippen LogP contribution >= 0.6 is 0 Å². The Balaban J connectivity index is 1.26. The number of likely N-dealkylation sites (tertiary alicyclic amines) is 1. The summed E-state index contributed by atoms with van der Waals surface area (Å²) in [7, 11) is 1.89. The molecule has 0 unspecified atom stereocenters. The molecule has 3 heterocycles. The third-order valence-corrected chi connectivity index (χ3v) is 4.91. The standard InChI is InChI=1S/C18H24N6O3/c1-19-9-15-11-24(22-21-15)10-13-4-6-23(7-5-13)18(25)20-14-2-3-16-17(8-14)27-12-26-16/h2-3,8,11,13,19H,4-7,9-10,12H2,1H3,(H,20,25). The minimum absolute atomic E-state index is 0.0793. The molecule has 0 bridgehead atoms. The molecule has 27 heavy (non-hydrogen) atoms. The molecule has 9 nitrogen and oxygen atoms in total. The van der Waals surface area contributed by atoms with Crippen molar-refractivity contribution in [1.29, 1.82) is 0 Å². The summed E-state index contributed by atoms with van der Waals surface area (Å²) in [6.07, 6.45) is 3.89. The van der Waals surface area contributed by atoms with Gasteiger partial charge in [0.1, 0.15) is 0 Å². The van der Waals surface area contributed by atoms with E-state index in [0.717, 1.165) is 44.7 Å². The highest BCUT2D eigenvalue weighted by molar-refractivity contribution is 5.89. The molecule has 1 saturated heterocycles. The van der Waals surface area contributed by atoms with Gasteiger partial charge in [-0.2, -0.15) is 0 Å². The summed E-state index contributed by atoms with van der Waals surface area (Å²) in [6, 6.07) is 5.35. The van der Waals surface area contributed by atoms with Gasteiger partial charge in [0.25, 0.3) is 0 Å². The Hall–Kier alpha value is -2.81. The number of rotatable bonds is 5. The molecule has 1 fully saturated rings. The number of carbonyl (C=O) groups is 1. The minimum atomic E-state index is -0.0793. The van der Waals surface area contributed by atoms with Crippen LogP contribution in [0.15, 0.2) is 24.4 Å². The third-order valence-electron chi connectivity index (χ3n) is 4.91. The maximum atomic E-state index is 12.5. The van der Waals surface area contributed by atoms with Gasteiger partial charge in [-0.3, -0.25) is 4.68 Å². The average Bonchev–Trinajstić information content (AvgIpc) is 3.31. The highest BCUT2D eigenvalue weighted by Gasteiger charge is 2.24. The van der Waals surface area contributed by atoms with Gasteiger partial charge in [0, 0.05) is 44.1 Å². The van der Waals surface area contributed by atoms with Crippen LogP contribution in [-0.4, -0.2) is 52.9 Å². The van der Waals surface area contributed by atoms with Crippen molar-refractivity contribution in [2.24, 2.45) is 5.92 Å². The lowest BCUT2D eigenvalue weighted by atomic mass is 9.97. The quantitative estimate of drug-likeness (QED) is 0.829. The molecule has 4 rings (SSSR count). The van der Waals surface area contributed by atoms with Crippen LogP contribution in [0.1, 0.15) is 18.5 Å². The number of piperidine rings is 1. The lowest BCUT2D eigenvalue weighted by molar-refractivity contribution is 0.174. The smallest absolute Gasteiger partial charge is 0.321 e. The molecule has 1 aromatic carbocycles. The van der Waals surface area contributed by atoms with E-state index in [-0.39, 0.29) is 12.8 Å². The second-order valence-electron chi connectivity index (χ2n) is 6.89. The minimum Gasteiger partial charge on any atom is -0.454 e. The number of nitrogens with zero attached hydrogens (tertiary/aromatic N) is 4. The predicted molar refractivity (Wildman–Crippen MR) is 98.7 cm³/mol. The second kappa shape index (κ2) is 7.83. The Kier molecular flexibility index (Phi) is 5.10. The molecule has 0 atom stereocenters. The Labute approximate surface area is 157 Å². The first-order valence-electron chi connectivity index (χ1n) is 9.20. The van der Waals surface area contributed by atoms with Crippen LogP contribution < -0.4 is 20.1 Å². The van der Waals surface area contributed by atoms with Crippen molar-refractivity contribution in [3.63, 3.8) is 0 Å². The molecule has 0 spiro atoms. The number of fused-ring (bicyclic) bond motifs is 1. The number of nitrogens with one attached hydrogen (secondary N) is 2. The molecule has 144 valence electrons. The van der Waals surface area contributed by atoms with E-state index < -0.39 is 0 Å².